The molecule has 2 heterocycles. The zero-order valence-corrected chi connectivity index (χ0v) is 13.1. The number of hydrogen-bond acceptors (Lipinski definition) is 1. The summed E-state index contributed by atoms with van der Waals surface area (Å²) < 4.78 is 2.44. The first-order valence-electron chi connectivity index (χ1n) is 7.72. The van der Waals surface area contributed by atoms with Gasteiger partial charge in [0.1, 0.15) is 0 Å². The molecule has 2 aromatic rings. The summed E-state index contributed by atoms with van der Waals surface area (Å²) in [5, 5.41) is 0. The SMILES string of the molecule is Cl.c1ccc(C[n+]2ccc(N3CCC3)cc2C2CC2)cc1. The number of nitrogens with zero attached hydrogens (tertiary/aromatic N) is 2. The summed E-state index contributed by atoms with van der Waals surface area (Å²) in [6.07, 6.45) is 6.35. The molecule has 21 heavy (non-hydrogen) atoms. The summed E-state index contributed by atoms with van der Waals surface area (Å²) in [7, 11) is 0. The molecule has 1 saturated carbocycles. The Morgan fingerprint density at radius 2 is 1.81 bits per heavy atom. The molecular weight excluding hydrogens is 280 g/mol. The molecule has 1 saturated heterocycles. The Labute approximate surface area is 132 Å². The first kappa shape index (κ1) is 14.4. The van der Waals surface area contributed by atoms with Crippen LogP contribution in [0, 0.1) is 0 Å². The van der Waals surface area contributed by atoms with Crippen LogP contribution in [0.15, 0.2) is 48.7 Å². The average Bonchev–Trinajstić information content (AvgIpc) is 3.24. The van der Waals surface area contributed by atoms with E-state index in [0.29, 0.717) is 0 Å². The van der Waals surface area contributed by atoms with Crippen LogP contribution in [0.4, 0.5) is 5.69 Å². The van der Waals surface area contributed by atoms with E-state index in [1.54, 1.807) is 0 Å². The summed E-state index contributed by atoms with van der Waals surface area (Å²) in [6, 6.07) is 15.5. The van der Waals surface area contributed by atoms with E-state index < -0.39 is 0 Å². The largest absolute Gasteiger partial charge is 0.371 e. The van der Waals surface area contributed by atoms with Crippen molar-refractivity contribution in [2.24, 2.45) is 0 Å². The van der Waals surface area contributed by atoms with Crippen LogP contribution in [0.5, 0.6) is 0 Å². The Hall–Kier alpha value is -1.54. The highest BCUT2D eigenvalue weighted by molar-refractivity contribution is 5.85. The van der Waals surface area contributed by atoms with Gasteiger partial charge in [-0.15, -0.1) is 12.4 Å². The van der Waals surface area contributed by atoms with Gasteiger partial charge in [-0.3, -0.25) is 0 Å². The Morgan fingerprint density at radius 1 is 1.05 bits per heavy atom. The van der Waals surface area contributed by atoms with Crippen LogP contribution < -0.4 is 9.47 Å². The molecule has 2 nitrogen and oxygen atoms in total. The van der Waals surface area contributed by atoms with E-state index in [-0.39, 0.29) is 12.4 Å². The molecule has 110 valence electrons. The maximum absolute atomic E-state index is 2.48. The maximum atomic E-state index is 2.48. The molecule has 0 amide bonds. The Morgan fingerprint density at radius 3 is 2.43 bits per heavy atom. The fraction of sp³-hybridized carbons (Fsp3) is 0.389. The van der Waals surface area contributed by atoms with Crippen molar-refractivity contribution in [1.82, 2.24) is 0 Å². The van der Waals surface area contributed by atoms with Gasteiger partial charge >= 0.3 is 0 Å². The second-order valence-electron chi connectivity index (χ2n) is 6.04. The van der Waals surface area contributed by atoms with Crippen LogP contribution in [0.1, 0.15) is 36.4 Å². The summed E-state index contributed by atoms with van der Waals surface area (Å²) in [6.45, 7) is 3.45. The molecule has 1 aliphatic heterocycles. The van der Waals surface area contributed by atoms with Gasteiger partial charge in [-0.1, -0.05) is 30.3 Å². The zero-order chi connectivity index (χ0) is 13.4. The number of pyridine rings is 1. The molecule has 1 aromatic carbocycles. The lowest BCUT2D eigenvalue weighted by atomic mass is 10.1. The second-order valence-corrected chi connectivity index (χ2v) is 6.04. The standard InChI is InChI=1S/C18H21N2.ClH/c1-2-5-15(6-3-1)14-20-12-9-17(19-10-4-11-19)13-18(20)16-7-8-16;/h1-3,5-6,9,12-13,16H,4,7-8,10-11,14H2;1H/q+1;. The van der Waals surface area contributed by atoms with E-state index in [1.165, 1.54) is 49.3 Å². The molecule has 4 rings (SSSR count). The minimum Gasteiger partial charge on any atom is -0.371 e. The highest BCUT2D eigenvalue weighted by Gasteiger charge is 2.33. The average molecular weight is 302 g/mol. The second kappa shape index (κ2) is 6.07. The van der Waals surface area contributed by atoms with Crippen LogP contribution in [0.25, 0.3) is 0 Å². The summed E-state index contributed by atoms with van der Waals surface area (Å²) in [4.78, 5) is 2.48. The molecular formula is C18H22ClN2+. The van der Waals surface area contributed by atoms with Crippen molar-refractivity contribution in [2.75, 3.05) is 18.0 Å². The number of anilines is 1. The van der Waals surface area contributed by atoms with Gasteiger partial charge in [0.25, 0.3) is 0 Å². The van der Waals surface area contributed by atoms with Crippen LogP contribution in [-0.2, 0) is 6.54 Å². The minimum absolute atomic E-state index is 0. The van der Waals surface area contributed by atoms with E-state index in [0.717, 1.165) is 12.5 Å². The van der Waals surface area contributed by atoms with Crippen molar-refractivity contribution in [3.63, 3.8) is 0 Å². The quantitative estimate of drug-likeness (QED) is 0.784. The Balaban J connectivity index is 0.00000132. The van der Waals surface area contributed by atoms with Gasteiger partial charge in [0, 0.05) is 42.4 Å². The smallest absolute Gasteiger partial charge is 0.186 e. The lowest BCUT2D eigenvalue weighted by Gasteiger charge is -2.32. The number of halogens is 1. The van der Waals surface area contributed by atoms with E-state index in [4.69, 9.17) is 0 Å². The Kier molecular flexibility index (Phi) is 4.16. The Bertz CT molecular complexity index is 604. The van der Waals surface area contributed by atoms with Gasteiger partial charge in [0.05, 0.1) is 0 Å². The highest BCUT2D eigenvalue weighted by atomic mass is 35.5. The number of hydrogen-bond donors (Lipinski definition) is 0. The molecule has 0 radical (unpaired) electrons. The van der Waals surface area contributed by atoms with Crippen LogP contribution in [0.2, 0.25) is 0 Å². The van der Waals surface area contributed by atoms with Crippen molar-refractivity contribution in [1.29, 1.82) is 0 Å². The molecule has 0 N–H and O–H groups in total. The predicted molar refractivity (Wildman–Crippen MR) is 88.2 cm³/mol. The van der Waals surface area contributed by atoms with Crippen molar-refractivity contribution < 1.29 is 4.57 Å². The zero-order valence-electron chi connectivity index (χ0n) is 12.2. The minimum atomic E-state index is 0. The summed E-state index contributed by atoms with van der Waals surface area (Å²) in [5.41, 5.74) is 4.33. The topological polar surface area (TPSA) is 7.12 Å². The predicted octanol–water partition coefficient (Wildman–Crippen LogP) is 3.53. The van der Waals surface area contributed by atoms with Gasteiger partial charge in [-0.05, 0) is 19.3 Å². The molecule has 2 aliphatic rings. The van der Waals surface area contributed by atoms with Crippen molar-refractivity contribution >= 4 is 18.1 Å². The molecule has 3 heteroatoms. The fourth-order valence-electron chi connectivity index (χ4n) is 2.96. The maximum Gasteiger partial charge on any atom is 0.186 e. The van der Waals surface area contributed by atoms with Crippen LogP contribution >= 0.6 is 12.4 Å². The monoisotopic (exact) mass is 301 g/mol. The third-order valence-electron chi connectivity index (χ3n) is 4.47. The molecule has 1 aliphatic carbocycles. The van der Waals surface area contributed by atoms with Crippen molar-refractivity contribution in [3.05, 3.63) is 59.9 Å². The number of benzene rings is 1. The lowest BCUT2D eigenvalue weighted by molar-refractivity contribution is -0.695. The lowest BCUT2D eigenvalue weighted by Crippen LogP contribution is -2.41. The molecule has 0 spiro atoms. The molecule has 1 aromatic heterocycles. The number of aromatic nitrogens is 1. The highest BCUT2D eigenvalue weighted by Crippen LogP contribution is 2.39. The van der Waals surface area contributed by atoms with E-state index in [1.807, 2.05) is 0 Å². The van der Waals surface area contributed by atoms with Gasteiger partial charge in [0.15, 0.2) is 18.4 Å². The molecule has 0 unspecified atom stereocenters. The van der Waals surface area contributed by atoms with Crippen LogP contribution in [0.3, 0.4) is 0 Å². The van der Waals surface area contributed by atoms with Gasteiger partial charge < -0.3 is 4.90 Å². The molecule has 0 bridgehead atoms. The molecule has 2 fully saturated rings. The third-order valence-corrected chi connectivity index (χ3v) is 4.47. The third kappa shape index (κ3) is 3.06. The van der Waals surface area contributed by atoms with Crippen LogP contribution in [-0.4, -0.2) is 13.1 Å². The first-order valence-corrected chi connectivity index (χ1v) is 7.72. The fourth-order valence-corrected chi connectivity index (χ4v) is 2.96. The first-order chi connectivity index (χ1) is 9.90. The van der Waals surface area contributed by atoms with E-state index >= 15 is 0 Å². The summed E-state index contributed by atoms with van der Waals surface area (Å²) >= 11 is 0. The number of rotatable bonds is 4. The van der Waals surface area contributed by atoms with E-state index in [9.17, 15) is 0 Å². The van der Waals surface area contributed by atoms with Gasteiger partial charge in [-0.25, -0.2) is 0 Å². The van der Waals surface area contributed by atoms with E-state index in [2.05, 4.69) is 58.1 Å². The van der Waals surface area contributed by atoms with Crippen molar-refractivity contribution in [2.45, 2.75) is 31.7 Å². The molecule has 0 atom stereocenters. The normalized spacial score (nSPS) is 17.0. The van der Waals surface area contributed by atoms with Gasteiger partial charge in [-0.2, -0.15) is 4.57 Å². The van der Waals surface area contributed by atoms with Gasteiger partial charge in [0.2, 0.25) is 0 Å². The van der Waals surface area contributed by atoms with Crippen molar-refractivity contribution in [3.8, 4) is 0 Å². The summed E-state index contributed by atoms with van der Waals surface area (Å²) in [5.74, 6) is 0.792.